The Balaban J connectivity index is 2.31. The second-order valence-corrected chi connectivity index (χ2v) is 7.28. The zero-order chi connectivity index (χ0) is 14.7. The Kier molecular flexibility index (Phi) is 4.99. The Morgan fingerprint density at radius 1 is 1.26 bits per heavy atom. The first-order valence-corrected chi connectivity index (χ1v) is 7.12. The highest BCUT2D eigenvalue weighted by Crippen LogP contribution is 2.39. The van der Waals surface area contributed by atoms with E-state index in [4.69, 9.17) is 5.11 Å². The topological polar surface area (TPSA) is 66.4 Å². The van der Waals surface area contributed by atoms with Gasteiger partial charge in [0.15, 0.2) is 0 Å². The second-order valence-electron chi connectivity index (χ2n) is 7.28. The molecule has 0 aromatic rings. The van der Waals surface area contributed by atoms with Crippen LogP contribution in [0.25, 0.3) is 0 Å². The molecule has 0 aromatic carbocycles. The third kappa shape index (κ3) is 5.21. The van der Waals surface area contributed by atoms with Gasteiger partial charge in [-0.1, -0.05) is 13.8 Å². The number of carboxylic acid groups (broad SMARTS) is 1. The molecule has 1 rings (SSSR count). The average molecular weight is 269 g/mol. The summed E-state index contributed by atoms with van der Waals surface area (Å²) in [5.41, 5.74) is -0.484. The van der Waals surface area contributed by atoms with Crippen molar-refractivity contribution in [2.24, 2.45) is 16.7 Å². The van der Waals surface area contributed by atoms with Crippen LogP contribution in [0.3, 0.4) is 0 Å². The van der Waals surface area contributed by atoms with Crippen LogP contribution in [0, 0.1) is 16.7 Å². The van der Waals surface area contributed by atoms with Crippen molar-refractivity contribution in [1.29, 1.82) is 0 Å². The summed E-state index contributed by atoms with van der Waals surface area (Å²) in [6, 6.07) is 0. The Labute approximate surface area is 116 Å². The van der Waals surface area contributed by atoms with Crippen molar-refractivity contribution in [1.82, 2.24) is 5.32 Å². The van der Waals surface area contributed by atoms with Gasteiger partial charge in [-0.15, -0.1) is 0 Å². The molecule has 0 aliphatic heterocycles. The minimum absolute atomic E-state index is 0.0148. The Morgan fingerprint density at radius 3 is 2.26 bits per heavy atom. The number of carbonyl (C=O) groups excluding carboxylic acids is 1. The van der Waals surface area contributed by atoms with E-state index in [1.165, 1.54) is 12.8 Å². The summed E-state index contributed by atoms with van der Waals surface area (Å²) in [6.45, 7) is 7.99. The maximum Gasteiger partial charge on any atom is 0.310 e. The van der Waals surface area contributed by atoms with E-state index in [1.807, 2.05) is 0 Å². The lowest BCUT2D eigenvalue weighted by atomic mass is 9.72. The van der Waals surface area contributed by atoms with Crippen LogP contribution in [0.1, 0.15) is 59.8 Å². The van der Waals surface area contributed by atoms with Gasteiger partial charge < -0.3 is 10.4 Å². The standard InChI is InChI=1S/C15H27NO3/c1-14(2)7-5-11(6-8-14)9-12(17)16-10-15(3,4)13(18)19/h11H,5-10H2,1-4H3,(H,16,17)(H,18,19). The fourth-order valence-electron chi connectivity index (χ4n) is 2.39. The summed E-state index contributed by atoms with van der Waals surface area (Å²) in [7, 11) is 0. The van der Waals surface area contributed by atoms with E-state index in [0.717, 1.165) is 12.8 Å². The van der Waals surface area contributed by atoms with Crippen LogP contribution in [0.5, 0.6) is 0 Å². The summed E-state index contributed by atoms with van der Waals surface area (Å²) < 4.78 is 0. The molecule has 0 radical (unpaired) electrons. The molecule has 0 aromatic heterocycles. The molecule has 0 unspecified atom stereocenters. The van der Waals surface area contributed by atoms with Gasteiger partial charge in [0.1, 0.15) is 0 Å². The van der Waals surface area contributed by atoms with Gasteiger partial charge in [-0.25, -0.2) is 0 Å². The molecular weight excluding hydrogens is 242 g/mol. The van der Waals surface area contributed by atoms with E-state index in [0.29, 0.717) is 17.8 Å². The summed E-state index contributed by atoms with van der Waals surface area (Å²) in [5.74, 6) is -0.438. The lowest BCUT2D eigenvalue weighted by Crippen LogP contribution is -2.39. The van der Waals surface area contributed by atoms with Crippen LogP contribution >= 0.6 is 0 Å². The van der Waals surface area contributed by atoms with Crippen molar-refractivity contribution in [3.8, 4) is 0 Å². The van der Waals surface area contributed by atoms with E-state index < -0.39 is 11.4 Å². The number of hydrogen-bond acceptors (Lipinski definition) is 2. The summed E-state index contributed by atoms with van der Waals surface area (Å²) in [5, 5.41) is 11.7. The largest absolute Gasteiger partial charge is 0.481 e. The highest BCUT2D eigenvalue weighted by Gasteiger charge is 2.30. The molecule has 0 spiro atoms. The smallest absolute Gasteiger partial charge is 0.310 e. The monoisotopic (exact) mass is 269 g/mol. The average Bonchev–Trinajstić information content (AvgIpc) is 2.29. The maximum absolute atomic E-state index is 11.8. The van der Waals surface area contributed by atoms with Gasteiger partial charge in [0, 0.05) is 13.0 Å². The lowest BCUT2D eigenvalue weighted by molar-refractivity contribution is -0.146. The van der Waals surface area contributed by atoms with Crippen molar-refractivity contribution < 1.29 is 14.7 Å². The molecule has 0 bridgehead atoms. The number of aliphatic carboxylic acids is 1. The minimum atomic E-state index is -0.899. The summed E-state index contributed by atoms with van der Waals surface area (Å²) >= 11 is 0. The molecule has 1 saturated carbocycles. The van der Waals surface area contributed by atoms with Gasteiger partial charge in [0.2, 0.25) is 5.91 Å². The minimum Gasteiger partial charge on any atom is -0.481 e. The molecule has 19 heavy (non-hydrogen) atoms. The quantitative estimate of drug-likeness (QED) is 0.806. The van der Waals surface area contributed by atoms with Crippen molar-refractivity contribution in [3.63, 3.8) is 0 Å². The molecule has 4 nitrogen and oxygen atoms in total. The highest BCUT2D eigenvalue weighted by atomic mass is 16.4. The van der Waals surface area contributed by atoms with Gasteiger partial charge in [-0.05, 0) is 50.9 Å². The van der Waals surface area contributed by atoms with E-state index in [-0.39, 0.29) is 12.5 Å². The van der Waals surface area contributed by atoms with Crippen molar-refractivity contribution in [2.45, 2.75) is 59.8 Å². The Bertz CT molecular complexity index is 337. The molecule has 0 heterocycles. The number of nitrogens with one attached hydrogen (secondary N) is 1. The number of rotatable bonds is 5. The molecule has 1 fully saturated rings. The van der Waals surface area contributed by atoms with Gasteiger partial charge >= 0.3 is 5.97 Å². The highest BCUT2D eigenvalue weighted by molar-refractivity contribution is 5.78. The van der Waals surface area contributed by atoms with Crippen LogP contribution in [-0.2, 0) is 9.59 Å². The maximum atomic E-state index is 11.8. The first-order chi connectivity index (χ1) is 8.62. The number of carbonyl (C=O) groups is 2. The SMILES string of the molecule is CC1(C)CCC(CC(=O)NCC(C)(C)C(=O)O)CC1. The molecule has 2 N–H and O–H groups in total. The molecule has 1 amide bonds. The number of hydrogen-bond donors (Lipinski definition) is 2. The van der Waals surface area contributed by atoms with Gasteiger partial charge in [-0.2, -0.15) is 0 Å². The molecule has 4 heteroatoms. The first-order valence-electron chi connectivity index (χ1n) is 7.12. The first kappa shape index (κ1) is 16.0. The Hall–Kier alpha value is -1.06. The normalized spacial score (nSPS) is 20.0. The predicted molar refractivity (Wildman–Crippen MR) is 74.8 cm³/mol. The molecule has 1 aliphatic rings. The molecule has 0 saturated heterocycles. The van der Waals surface area contributed by atoms with Crippen LogP contribution in [0.15, 0.2) is 0 Å². The van der Waals surface area contributed by atoms with E-state index in [2.05, 4.69) is 19.2 Å². The molecule has 0 atom stereocenters. The zero-order valence-electron chi connectivity index (χ0n) is 12.6. The van der Waals surface area contributed by atoms with Gasteiger partial charge in [-0.3, -0.25) is 9.59 Å². The van der Waals surface area contributed by atoms with Crippen LogP contribution in [0.4, 0.5) is 0 Å². The molecule has 1 aliphatic carbocycles. The van der Waals surface area contributed by atoms with Crippen molar-refractivity contribution in [2.75, 3.05) is 6.54 Å². The van der Waals surface area contributed by atoms with Crippen LogP contribution < -0.4 is 5.32 Å². The summed E-state index contributed by atoms with van der Waals surface area (Å²) in [4.78, 5) is 22.8. The van der Waals surface area contributed by atoms with E-state index in [9.17, 15) is 9.59 Å². The third-order valence-corrected chi connectivity index (χ3v) is 4.24. The van der Waals surface area contributed by atoms with Gasteiger partial charge in [0.25, 0.3) is 0 Å². The summed E-state index contributed by atoms with van der Waals surface area (Å²) in [6.07, 6.45) is 5.08. The fraction of sp³-hybridized carbons (Fsp3) is 0.867. The third-order valence-electron chi connectivity index (χ3n) is 4.24. The van der Waals surface area contributed by atoms with E-state index in [1.54, 1.807) is 13.8 Å². The number of carboxylic acids is 1. The van der Waals surface area contributed by atoms with Crippen molar-refractivity contribution >= 4 is 11.9 Å². The van der Waals surface area contributed by atoms with E-state index >= 15 is 0 Å². The molecule has 110 valence electrons. The van der Waals surface area contributed by atoms with Crippen LogP contribution in [-0.4, -0.2) is 23.5 Å². The molecular formula is C15H27NO3. The Morgan fingerprint density at radius 2 is 1.79 bits per heavy atom. The zero-order valence-corrected chi connectivity index (χ0v) is 12.6. The number of amides is 1. The lowest BCUT2D eigenvalue weighted by Gasteiger charge is -2.34. The van der Waals surface area contributed by atoms with Crippen LogP contribution in [0.2, 0.25) is 0 Å². The van der Waals surface area contributed by atoms with Crippen molar-refractivity contribution in [3.05, 3.63) is 0 Å². The van der Waals surface area contributed by atoms with Gasteiger partial charge in [0.05, 0.1) is 5.41 Å². The predicted octanol–water partition coefficient (Wildman–Crippen LogP) is 2.82. The second kappa shape index (κ2) is 5.93. The fourth-order valence-corrected chi connectivity index (χ4v) is 2.39.